The van der Waals surface area contributed by atoms with Crippen molar-refractivity contribution in [1.82, 2.24) is 4.98 Å². The average Bonchev–Trinajstić information content (AvgIpc) is 2.79. The molecule has 0 amide bonds. The molecule has 0 radical (unpaired) electrons. The van der Waals surface area contributed by atoms with E-state index in [0.717, 1.165) is 25.7 Å². The number of aryl methyl sites for hydroxylation is 4. The number of aliphatic hydroxyl groups excluding tert-OH is 1. The summed E-state index contributed by atoms with van der Waals surface area (Å²) in [7, 11) is 0. The quantitative estimate of drug-likeness (QED) is 0.355. The van der Waals surface area contributed by atoms with Gasteiger partial charge < -0.3 is 5.11 Å². The number of hydrogen-bond acceptors (Lipinski definition) is 2. The zero-order chi connectivity index (χ0) is 26.2. The first-order valence-corrected chi connectivity index (χ1v) is 13.2. The number of nitrogens with zero attached hydrogens (tertiary/aromatic N) is 1. The number of benzene rings is 2. The molecule has 1 N–H and O–H groups in total. The van der Waals surface area contributed by atoms with E-state index in [1.165, 1.54) is 44.5 Å². The summed E-state index contributed by atoms with van der Waals surface area (Å²) in [6.45, 7) is 20.1. The van der Waals surface area contributed by atoms with Gasteiger partial charge in [0.05, 0.1) is 0 Å². The molecule has 0 aliphatic heterocycles. The highest BCUT2D eigenvalue weighted by Crippen LogP contribution is 2.41. The van der Waals surface area contributed by atoms with Crippen LogP contribution in [0.2, 0.25) is 0 Å². The molecular weight excluding hydrogens is 426 g/mol. The van der Waals surface area contributed by atoms with Gasteiger partial charge >= 0.3 is 0 Å². The van der Waals surface area contributed by atoms with E-state index in [9.17, 15) is 0 Å². The maximum atomic E-state index is 9.17. The van der Waals surface area contributed by atoms with Crippen molar-refractivity contribution in [1.29, 1.82) is 0 Å². The van der Waals surface area contributed by atoms with Crippen LogP contribution in [-0.4, -0.2) is 16.7 Å². The summed E-state index contributed by atoms with van der Waals surface area (Å²) in [6.07, 6.45) is 7.73. The van der Waals surface area contributed by atoms with Crippen LogP contribution in [0, 0.1) is 26.2 Å². The summed E-state index contributed by atoms with van der Waals surface area (Å²) >= 11 is 0. The predicted octanol–water partition coefficient (Wildman–Crippen LogP) is 8.76. The number of rotatable bonds is 8. The fraction of sp³-hybridized carbons (Fsp3) is 0.485. The molecule has 0 aliphatic carbocycles. The molecule has 35 heavy (non-hydrogen) atoms. The van der Waals surface area contributed by atoms with Crippen LogP contribution >= 0.6 is 0 Å². The van der Waals surface area contributed by atoms with E-state index >= 15 is 0 Å². The van der Waals surface area contributed by atoms with Gasteiger partial charge in [-0.05, 0) is 96.9 Å². The van der Waals surface area contributed by atoms with Gasteiger partial charge in [0.15, 0.2) is 0 Å². The van der Waals surface area contributed by atoms with Gasteiger partial charge in [0.1, 0.15) is 0 Å². The van der Waals surface area contributed by atoms with Crippen molar-refractivity contribution in [2.45, 2.75) is 93.4 Å². The minimum Gasteiger partial charge on any atom is -0.396 e. The minimum atomic E-state index is 0.00835. The molecule has 3 rings (SSSR count). The lowest BCUT2D eigenvalue weighted by molar-refractivity contribution is 0.288. The molecule has 3 aromatic rings. The molecule has 2 heteroatoms. The van der Waals surface area contributed by atoms with Crippen LogP contribution in [0.4, 0.5) is 0 Å². The molecule has 0 aliphatic rings. The molecular formula is C33H47NO. The van der Waals surface area contributed by atoms with Gasteiger partial charge in [0, 0.05) is 30.0 Å². The minimum absolute atomic E-state index is 0.00835. The summed E-state index contributed by atoms with van der Waals surface area (Å²) < 4.78 is 0. The van der Waals surface area contributed by atoms with Crippen LogP contribution in [0.3, 0.4) is 0 Å². The lowest BCUT2D eigenvalue weighted by atomic mass is 9.69. The fourth-order valence-corrected chi connectivity index (χ4v) is 4.76. The Morgan fingerprint density at radius 1 is 0.771 bits per heavy atom. The van der Waals surface area contributed by atoms with Gasteiger partial charge in [-0.1, -0.05) is 77.9 Å². The lowest BCUT2D eigenvalue weighted by Gasteiger charge is -2.34. The zero-order valence-electron chi connectivity index (χ0n) is 23.6. The van der Waals surface area contributed by atoms with Gasteiger partial charge in [0.2, 0.25) is 0 Å². The van der Waals surface area contributed by atoms with Crippen LogP contribution in [0.1, 0.15) is 94.2 Å². The van der Waals surface area contributed by atoms with E-state index in [4.69, 9.17) is 5.11 Å². The second-order valence-corrected chi connectivity index (χ2v) is 11.5. The second kappa shape index (κ2) is 12.5. The van der Waals surface area contributed by atoms with Crippen LogP contribution < -0.4 is 0 Å². The summed E-state index contributed by atoms with van der Waals surface area (Å²) in [5, 5.41) is 9.17. The van der Waals surface area contributed by atoms with Crippen molar-refractivity contribution in [3.63, 3.8) is 0 Å². The molecule has 0 saturated carbocycles. The lowest BCUT2D eigenvalue weighted by Crippen LogP contribution is -2.26. The zero-order valence-corrected chi connectivity index (χ0v) is 23.6. The van der Waals surface area contributed by atoms with E-state index in [0.29, 0.717) is 5.41 Å². The van der Waals surface area contributed by atoms with Crippen molar-refractivity contribution in [3.8, 4) is 11.1 Å². The predicted molar refractivity (Wildman–Crippen MR) is 152 cm³/mol. The Hall–Kier alpha value is -2.45. The highest BCUT2D eigenvalue weighted by atomic mass is 16.2. The summed E-state index contributed by atoms with van der Waals surface area (Å²) in [5.41, 5.74) is 10.9. The number of aromatic nitrogens is 1. The largest absolute Gasteiger partial charge is 0.396 e. The van der Waals surface area contributed by atoms with Crippen LogP contribution in [-0.2, 0) is 11.8 Å². The number of aliphatic hydroxyl groups is 1. The van der Waals surface area contributed by atoms with E-state index in [1.807, 2.05) is 12.4 Å². The molecule has 0 bridgehead atoms. The maximum Gasteiger partial charge on any atom is 0.0434 e. The van der Waals surface area contributed by atoms with E-state index in [2.05, 4.69) is 110 Å². The molecule has 0 spiro atoms. The summed E-state index contributed by atoms with van der Waals surface area (Å²) in [5.74, 6) is 0. The number of pyridine rings is 1. The smallest absolute Gasteiger partial charge is 0.0434 e. The molecule has 0 fully saturated rings. The van der Waals surface area contributed by atoms with E-state index in [-0.39, 0.29) is 12.0 Å². The molecule has 2 nitrogen and oxygen atoms in total. The first-order valence-electron chi connectivity index (χ1n) is 13.2. The molecule has 1 heterocycles. The van der Waals surface area contributed by atoms with Crippen molar-refractivity contribution >= 4 is 0 Å². The third-order valence-electron chi connectivity index (χ3n) is 6.67. The first-order chi connectivity index (χ1) is 16.4. The fourth-order valence-electron chi connectivity index (χ4n) is 4.76. The molecule has 0 saturated heterocycles. The second-order valence-electron chi connectivity index (χ2n) is 11.5. The highest BCUT2D eigenvalue weighted by molar-refractivity contribution is 5.68. The van der Waals surface area contributed by atoms with Crippen molar-refractivity contribution in [2.75, 3.05) is 6.61 Å². The molecule has 0 unspecified atom stereocenters. The third kappa shape index (κ3) is 7.77. The van der Waals surface area contributed by atoms with Crippen molar-refractivity contribution < 1.29 is 5.11 Å². The molecule has 0 atom stereocenters. The molecule has 2 aromatic carbocycles. The highest BCUT2D eigenvalue weighted by Gasteiger charge is 2.31. The van der Waals surface area contributed by atoms with Crippen LogP contribution in [0.25, 0.3) is 11.1 Å². The monoisotopic (exact) mass is 473 g/mol. The Balaban J connectivity index is 0.000000784. The maximum absolute atomic E-state index is 9.17. The van der Waals surface area contributed by atoms with E-state index < -0.39 is 0 Å². The van der Waals surface area contributed by atoms with Gasteiger partial charge in [-0.25, -0.2) is 0 Å². The van der Waals surface area contributed by atoms with Crippen LogP contribution in [0.5, 0.6) is 0 Å². The van der Waals surface area contributed by atoms with Gasteiger partial charge in [-0.3, -0.25) is 4.98 Å². The number of hydrogen-bond donors (Lipinski definition) is 1. The normalized spacial score (nSPS) is 11.7. The van der Waals surface area contributed by atoms with Gasteiger partial charge in [0.25, 0.3) is 0 Å². The van der Waals surface area contributed by atoms with Crippen LogP contribution in [0.15, 0.2) is 54.9 Å². The topological polar surface area (TPSA) is 33.1 Å². The molecule has 1 aromatic heterocycles. The van der Waals surface area contributed by atoms with Gasteiger partial charge in [-0.15, -0.1) is 0 Å². The Labute approximate surface area is 214 Å². The first kappa shape index (κ1) is 28.8. The Morgan fingerprint density at radius 3 is 1.83 bits per heavy atom. The van der Waals surface area contributed by atoms with Crippen molar-refractivity contribution in [2.24, 2.45) is 5.41 Å². The standard InChI is InChI=1S/C28H35NO.C5H12/c1-6-28(7-2,25-11-10-23(9-8-14-30)21(4)16-25)26-12-13-27(22(5)17-26)24-15-20(3)18-29-19-24;1-5(2,3)4/h10-13,15-19,30H,6-9,14H2,1-5H3;1-4H3. The average molecular weight is 474 g/mol. The third-order valence-corrected chi connectivity index (χ3v) is 6.67. The van der Waals surface area contributed by atoms with E-state index in [1.54, 1.807) is 0 Å². The van der Waals surface area contributed by atoms with Crippen molar-refractivity contribution in [3.05, 3.63) is 88.2 Å². The molecule has 190 valence electrons. The Morgan fingerprint density at radius 2 is 1.34 bits per heavy atom. The summed E-state index contributed by atoms with van der Waals surface area (Å²) in [6, 6.07) is 16.1. The SMILES string of the molecule is CC(C)(C)C.CCC(CC)(c1ccc(CCCO)c(C)c1)c1ccc(-c2cncc(C)c2)c(C)c1. The van der Waals surface area contributed by atoms with Gasteiger partial charge in [-0.2, -0.15) is 0 Å². The Bertz CT molecular complexity index is 1080. The Kier molecular flexibility index (Phi) is 10.3. The summed E-state index contributed by atoms with van der Waals surface area (Å²) in [4.78, 5) is 4.38.